The summed E-state index contributed by atoms with van der Waals surface area (Å²) in [7, 11) is 0. The zero-order chi connectivity index (χ0) is 19.2. The van der Waals surface area contributed by atoms with Crippen molar-refractivity contribution in [2.24, 2.45) is 0 Å². The van der Waals surface area contributed by atoms with Crippen LogP contribution in [0.15, 0.2) is 42.6 Å². The van der Waals surface area contributed by atoms with Crippen LogP contribution in [0.25, 0.3) is 0 Å². The number of rotatable bonds is 5. The zero-order valence-electron chi connectivity index (χ0n) is 15.2. The third-order valence-corrected chi connectivity index (χ3v) is 4.50. The molecule has 3 rings (SSSR count). The topological polar surface area (TPSA) is 71.5 Å². The number of ether oxygens (including phenoxy) is 1. The number of carbonyl (C=O) groups is 2. The van der Waals surface area contributed by atoms with Crippen LogP contribution in [-0.2, 0) is 0 Å². The van der Waals surface area contributed by atoms with Crippen molar-refractivity contribution in [1.82, 2.24) is 15.2 Å². The van der Waals surface area contributed by atoms with Crippen LogP contribution >= 0.6 is 0 Å². The molecule has 0 atom stereocenters. The van der Waals surface area contributed by atoms with Crippen LogP contribution in [-0.4, -0.2) is 47.4 Å². The molecule has 7 heteroatoms. The van der Waals surface area contributed by atoms with Gasteiger partial charge in [-0.3, -0.25) is 9.59 Å². The van der Waals surface area contributed by atoms with Gasteiger partial charge in [0, 0.05) is 30.9 Å². The molecule has 1 saturated heterocycles. The van der Waals surface area contributed by atoms with E-state index in [1.54, 1.807) is 29.2 Å². The van der Waals surface area contributed by atoms with Gasteiger partial charge in [0.2, 0.25) is 0 Å². The lowest BCUT2D eigenvalue weighted by Gasteiger charge is -2.32. The predicted molar refractivity (Wildman–Crippen MR) is 98.2 cm³/mol. The van der Waals surface area contributed by atoms with Gasteiger partial charge in [0.25, 0.3) is 11.8 Å². The van der Waals surface area contributed by atoms with Crippen LogP contribution in [0.4, 0.5) is 4.39 Å². The van der Waals surface area contributed by atoms with E-state index in [0.29, 0.717) is 38.1 Å². The number of amides is 2. The molecule has 0 aliphatic carbocycles. The number of hydrogen-bond donors (Lipinski definition) is 1. The lowest BCUT2D eigenvalue weighted by Crippen LogP contribution is -2.46. The van der Waals surface area contributed by atoms with Gasteiger partial charge in [-0.05, 0) is 56.2 Å². The number of nitrogens with one attached hydrogen (secondary N) is 1. The maximum Gasteiger partial charge on any atom is 0.273 e. The van der Waals surface area contributed by atoms with Crippen molar-refractivity contribution >= 4 is 11.8 Å². The molecule has 1 aromatic carbocycles. The molecule has 6 nitrogen and oxygen atoms in total. The van der Waals surface area contributed by atoms with Crippen molar-refractivity contribution in [2.75, 3.05) is 19.7 Å². The minimum absolute atomic E-state index is 0.0430. The predicted octanol–water partition coefficient (Wildman–Crippen LogP) is 2.65. The summed E-state index contributed by atoms with van der Waals surface area (Å²) >= 11 is 0. The maximum atomic E-state index is 13.6. The van der Waals surface area contributed by atoms with Gasteiger partial charge in [-0.1, -0.05) is 0 Å². The van der Waals surface area contributed by atoms with Gasteiger partial charge in [0.1, 0.15) is 5.75 Å². The summed E-state index contributed by atoms with van der Waals surface area (Å²) in [5.74, 6) is -0.474. The molecule has 0 saturated carbocycles. The molecule has 0 bridgehead atoms. The Balaban J connectivity index is 1.53. The molecule has 1 N–H and O–H groups in total. The van der Waals surface area contributed by atoms with Crippen molar-refractivity contribution in [1.29, 1.82) is 0 Å². The molecule has 142 valence electrons. The van der Waals surface area contributed by atoms with Crippen LogP contribution in [0.1, 0.15) is 40.6 Å². The summed E-state index contributed by atoms with van der Waals surface area (Å²) in [4.78, 5) is 30.3. The highest BCUT2D eigenvalue weighted by atomic mass is 19.1. The average molecular weight is 371 g/mol. The molecule has 1 aliphatic heterocycles. The number of likely N-dealkylation sites (tertiary alicyclic amines) is 1. The van der Waals surface area contributed by atoms with E-state index in [4.69, 9.17) is 4.74 Å². The van der Waals surface area contributed by atoms with E-state index in [0.717, 1.165) is 5.75 Å². The Morgan fingerprint density at radius 3 is 2.56 bits per heavy atom. The van der Waals surface area contributed by atoms with Gasteiger partial charge >= 0.3 is 0 Å². The van der Waals surface area contributed by atoms with E-state index >= 15 is 0 Å². The number of piperidine rings is 1. The number of hydrogen-bond acceptors (Lipinski definition) is 4. The molecule has 1 fully saturated rings. The molecule has 1 aromatic heterocycles. The number of pyridine rings is 1. The van der Waals surface area contributed by atoms with Crippen LogP contribution < -0.4 is 10.1 Å². The smallest absolute Gasteiger partial charge is 0.273 e. The minimum atomic E-state index is -0.641. The first kappa shape index (κ1) is 18.8. The molecular weight excluding hydrogens is 349 g/mol. The molecule has 0 spiro atoms. The van der Waals surface area contributed by atoms with E-state index in [-0.39, 0.29) is 17.6 Å². The average Bonchev–Trinajstić information content (AvgIpc) is 2.69. The summed E-state index contributed by atoms with van der Waals surface area (Å²) < 4.78 is 19.0. The second kappa shape index (κ2) is 8.62. The molecule has 2 aromatic rings. The Hall–Kier alpha value is -2.96. The number of halogens is 1. The second-order valence-corrected chi connectivity index (χ2v) is 6.33. The fourth-order valence-electron chi connectivity index (χ4n) is 3.08. The van der Waals surface area contributed by atoms with E-state index in [1.807, 2.05) is 6.92 Å². The standard InChI is InChI=1S/C20H22FN3O3/c1-2-27-16-7-5-14(6-8-16)20(26)24-12-9-15(10-13-24)23-19(25)18-17(21)4-3-11-22-18/h3-8,11,15H,2,9-10,12-13H2,1H3,(H,23,25). The van der Waals surface area contributed by atoms with E-state index in [9.17, 15) is 14.0 Å². The number of nitrogens with zero attached hydrogens (tertiary/aromatic N) is 2. The Bertz CT molecular complexity index is 802. The first-order chi connectivity index (χ1) is 13.1. The number of aromatic nitrogens is 1. The van der Waals surface area contributed by atoms with E-state index in [1.165, 1.54) is 18.3 Å². The first-order valence-corrected chi connectivity index (χ1v) is 9.02. The summed E-state index contributed by atoms with van der Waals surface area (Å²) in [5, 5.41) is 2.80. The number of benzene rings is 1. The Labute approximate surface area is 157 Å². The third-order valence-electron chi connectivity index (χ3n) is 4.50. The fourth-order valence-corrected chi connectivity index (χ4v) is 3.08. The second-order valence-electron chi connectivity index (χ2n) is 6.33. The normalized spacial score (nSPS) is 14.7. The fraction of sp³-hybridized carbons (Fsp3) is 0.350. The van der Waals surface area contributed by atoms with Crippen molar-refractivity contribution in [3.63, 3.8) is 0 Å². The number of carbonyl (C=O) groups excluding carboxylic acids is 2. The molecular formula is C20H22FN3O3. The van der Waals surface area contributed by atoms with Crippen molar-refractivity contribution < 1.29 is 18.7 Å². The monoisotopic (exact) mass is 371 g/mol. The molecule has 0 radical (unpaired) electrons. The van der Waals surface area contributed by atoms with Gasteiger partial charge in [0.15, 0.2) is 11.5 Å². The van der Waals surface area contributed by atoms with E-state index < -0.39 is 11.7 Å². The van der Waals surface area contributed by atoms with Gasteiger partial charge in [0.05, 0.1) is 6.61 Å². The molecule has 0 unspecified atom stereocenters. The molecule has 1 aliphatic rings. The molecule has 2 heterocycles. The molecule has 27 heavy (non-hydrogen) atoms. The first-order valence-electron chi connectivity index (χ1n) is 9.02. The Kier molecular flexibility index (Phi) is 6.01. The molecule has 2 amide bonds. The highest BCUT2D eigenvalue weighted by Crippen LogP contribution is 2.17. The lowest BCUT2D eigenvalue weighted by molar-refractivity contribution is 0.0697. The SMILES string of the molecule is CCOc1ccc(C(=O)N2CCC(NC(=O)c3ncccc3F)CC2)cc1. The third kappa shape index (κ3) is 4.61. The Morgan fingerprint density at radius 2 is 1.93 bits per heavy atom. The van der Waals surface area contributed by atoms with E-state index in [2.05, 4.69) is 10.3 Å². The largest absolute Gasteiger partial charge is 0.494 e. The van der Waals surface area contributed by atoms with Gasteiger partial charge in [-0.25, -0.2) is 9.37 Å². The lowest BCUT2D eigenvalue weighted by atomic mass is 10.0. The van der Waals surface area contributed by atoms with Gasteiger partial charge in [-0.15, -0.1) is 0 Å². The van der Waals surface area contributed by atoms with Crippen molar-refractivity contribution in [3.8, 4) is 5.75 Å². The van der Waals surface area contributed by atoms with Crippen LogP contribution in [0.3, 0.4) is 0 Å². The minimum Gasteiger partial charge on any atom is -0.494 e. The summed E-state index contributed by atoms with van der Waals surface area (Å²) in [6, 6.07) is 9.62. The quantitative estimate of drug-likeness (QED) is 0.877. The summed E-state index contributed by atoms with van der Waals surface area (Å²) in [5.41, 5.74) is 0.405. The maximum absolute atomic E-state index is 13.6. The highest BCUT2D eigenvalue weighted by molar-refractivity contribution is 5.94. The highest BCUT2D eigenvalue weighted by Gasteiger charge is 2.25. The van der Waals surface area contributed by atoms with Gasteiger partial charge < -0.3 is 15.0 Å². The zero-order valence-corrected chi connectivity index (χ0v) is 15.2. The van der Waals surface area contributed by atoms with Crippen LogP contribution in [0, 0.1) is 5.82 Å². The van der Waals surface area contributed by atoms with Crippen molar-refractivity contribution in [3.05, 3.63) is 59.7 Å². The summed E-state index contributed by atoms with van der Waals surface area (Å²) in [6.45, 7) is 3.54. The van der Waals surface area contributed by atoms with Crippen molar-refractivity contribution in [2.45, 2.75) is 25.8 Å². The van der Waals surface area contributed by atoms with Crippen LogP contribution in [0.5, 0.6) is 5.75 Å². The Morgan fingerprint density at radius 1 is 1.22 bits per heavy atom. The summed E-state index contributed by atoms with van der Waals surface area (Å²) in [6.07, 6.45) is 2.61. The van der Waals surface area contributed by atoms with Gasteiger partial charge in [-0.2, -0.15) is 0 Å². The van der Waals surface area contributed by atoms with Crippen LogP contribution in [0.2, 0.25) is 0 Å².